The van der Waals surface area contributed by atoms with Crippen LogP contribution in [-0.4, -0.2) is 19.6 Å². The molecule has 0 atom stereocenters. The fourth-order valence-electron chi connectivity index (χ4n) is 1.37. The van der Waals surface area contributed by atoms with Gasteiger partial charge < -0.3 is 4.74 Å². The van der Waals surface area contributed by atoms with Crippen LogP contribution in [0.4, 0.5) is 10.1 Å². The Labute approximate surface area is 127 Å². The summed E-state index contributed by atoms with van der Waals surface area (Å²) in [7, 11) is -3.60. The third-order valence-electron chi connectivity index (χ3n) is 2.32. The summed E-state index contributed by atoms with van der Waals surface area (Å²) in [6, 6.07) is 4.32. The topological polar surface area (TPSA) is 86.5 Å². The zero-order valence-corrected chi connectivity index (χ0v) is 12.8. The van der Waals surface area contributed by atoms with Crippen LogP contribution in [0, 0.1) is 15.9 Å². The lowest BCUT2D eigenvalue weighted by atomic mass is 10.3. The van der Waals surface area contributed by atoms with Crippen molar-refractivity contribution in [2.45, 2.75) is 4.21 Å². The molecular formula is C11H7ClFNO5S2. The summed E-state index contributed by atoms with van der Waals surface area (Å²) in [5.41, 5.74) is -0.485. The lowest BCUT2D eigenvalue weighted by Crippen LogP contribution is -1.92. The Balaban J connectivity index is 2.45. The minimum atomic E-state index is -3.60. The van der Waals surface area contributed by atoms with Crippen LogP contribution in [0.5, 0.6) is 10.8 Å². The molecule has 0 radical (unpaired) electrons. The van der Waals surface area contributed by atoms with Gasteiger partial charge in [-0.25, -0.2) is 12.8 Å². The standard InChI is InChI=1S/C11H7ClFNO5S2/c1-21(17,18)10-5-9(14(15)16)11(20-10)19-6-2-3-8(13)7(12)4-6/h2-5H,1H3. The van der Waals surface area contributed by atoms with Gasteiger partial charge in [0.05, 0.1) is 9.95 Å². The molecule has 6 nitrogen and oxygen atoms in total. The molecule has 0 aliphatic heterocycles. The summed E-state index contributed by atoms with van der Waals surface area (Å²) in [5.74, 6) is -0.604. The quantitative estimate of drug-likeness (QED) is 0.620. The number of halogens is 2. The van der Waals surface area contributed by atoms with Crippen LogP contribution < -0.4 is 4.74 Å². The van der Waals surface area contributed by atoms with E-state index in [1.165, 1.54) is 6.07 Å². The highest BCUT2D eigenvalue weighted by molar-refractivity contribution is 7.92. The molecule has 0 saturated heterocycles. The first kappa shape index (κ1) is 15.7. The third-order valence-corrected chi connectivity index (χ3v) is 5.41. The van der Waals surface area contributed by atoms with Gasteiger partial charge in [-0.15, -0.1) is 0 Å². The molecule has 0 N–H and O–H groups in total. The van der Waals surface area contributed by atoms with Crippen LogP contribution in [0.15, 0.2) is 28.5 Å². The van der Waals surface area contributed by atoms with E-state index in [2.05, 4.69) is 0 Å². The summed E-state index contributed by atoms with van der Waals surface area (Å²) < 4.78 is 40.9. The molecule has 0 amide bonds. The van der Waals surface area contributed by atoms with Crippen molar-refractivity contribution < 1.29 is 22.5 Å². The van der Waals surface area contributed by atoms with Crippen molar-refractivity contribution in [2.24, 2.45) is 0 Å². The molecule has 1 aromatic carbocycles. The zero-order chi connectivity index (χ0) is 15.8. The number of rotatable bonds is 4. The average molecular weight is 352 g/mol. The van der Waals surface area contributed by atoms with Crippen molar-refractivity contribution in [3.63, 3.8) is 0 Å². The van der Waals surface area contributed by atoms with Gasteiger partial charge in [-0.2, -0.15) is 0 Å². The zero-order valence-electron chi connectivity index (χ0n) is 10.4. The van der Waals surface area contributed by atoms with Gasteiger partial charge in [-0.1, -0.05) is 22.9 Å². The maximum atomic E-state index is 13.0. The monoisotopic (exact) mass is 351 g/mol. The SMILES string of the molecule is CS(=O)(=O)c1cc([N+](=O)[O-])c(Oc2ccc(F)c(Cl)c2)s1. The highest BCUT2D eigenvalue weighted by Gasteiger charge is 2.25. The second-order valence-corrected chi connectivity index (χ2v) is 7.61. The molecule has 0 unspecified atom stereocenters. The van der Waals surface area contributed by atoms with Crippen LogP contribution in [0.25, 0.3) is 0 Å². The van der Waals surface area contributed by atoms with Gasteiger partial charge in [-0.05, 0) is 12.1 Å². The molecule has 0 bridgehead atoms. The molecule has 2 aromatic rings. The van der Waals surface area contributed by atoms with Gasteiger partial charge in [0.25, 0.3) is 5.06 Å². The lowest BCUT2D eigenvalue weighted by molar-refractivity contribution is -0.385. The molecule has 0 spiro atoms. The van der Waals surface area contributed by atoms with Gasteiger partial charge in [0, 0.05) is 18.4 Å². The van der Waals surface area contributed by atoms with Gasteiger partial charge >= 0.3 is 5.69 Å². The Kier molecular flexibility index (Phi) is 4.17. The molecule has 0 aliphatic rings. The highest BCUT2D eigenvalue weighted by atomic mass is 35.5. The first-order chi connectivity index (χ1) is 9.68. The molecule has 1 heterocycles. The summed E-state index contributed by atoms with van der Waals surface area (Å²) in [4.78, 5) is 10.2. The maximum Gasteiger partial charge on any atom is 0.324 e. The van der Waals surface area contributed by atoms with Gasteiger partial charge in [0.2, 0.25) is 0 Å². The van der Waals surface area contributed by atoms with E-state index in [0.29, 0.717) is 11.3 Å². The van der Waals surface area contributed by atoms with Crippen molar-refractivity contribution in [3.8, 4) is 10.8 Å². The van der Waals surface area contributed by atoms with Gasteiger partial charge in [0.1, 0.15) is 15.8 Å². The molecule has 0 aliphatic carbocycles. The molecule has 0 saturated carbocycles. The number of hydrogen-bond donors (Lipinski definition) is 0. The summed E-state index contributed by atoms with van der Waals surface area (Å²) in [6.45, 7) is 0. The Morgan fingerprint density at radius 3 is 2.57 bits per heavy atom. The van der Waals surface area contributed by atoms with Crippen LogP contribution in [0.3, 0.4) is 0 Å². The lowest BCUT2D eigenvalue weighted by Gasteiger charge is -2.03. The average Bonchev–Trinajstić information content (AvgIpc) is 2.78. The van der Waals surface area contributed by atoms with E-state index in [1.54, 1.807) is 0 Å². The number of sulfone groups is 1. The van der Waals surface area contributed by atoms with E-state index in [9.17, 15) is 22.9 Å². The molecule has 10 heteroatoms. The second-order valence-electron chi connectivity index (χ2n) is 3.95. The first-order valence-corrected chi connectivity index (χ1v) is 8.38. The van der Waals surface area contributed by atoms with Crippen molar-refractivity contribution in [1.82, 2.24) is 0 Å². The van der Waals surface area contributed by atoms with E-state index < -0.39 is 26.3 Å². The second kappa shape index (κ2) is 5.58. The predicted octanol–water partition coefficient (Wildman–Crippen LogP) is 3.64. The van der Waals surface area contributed by atoms with Crippen LogP contribution >= 0.6 is 22.9 Å². The Morgan fingerprint density at radius 1 is 1.38 bits per heavy atom. The van der Waals surface area contributed by atoms with E-state index in [1.807, 2.05) is 0 Å². The number of benzene rings is 1. The smallest absolute Gasteiger partial charge is 0.324 e. The number of ether oxygens (including phenoxy) is 1. The molecule has 21 heavy (non-hydrogen) atoms. The minimum absolute atomic E-state index is 0.0615. The van der Waals surface area contributed by atoms with Crippen LogP contribution in [-0.2, 0) is 9.84 Å². The fraction of sp³-hybridized carbons (Fsp3) is 0.0909. The Bertz CT molecular complexity index is 818. The number of nitro groups is 1. The van der Waals surface area contributed by atoms with Crippen molar-refractivity contribution in [2.75, 3.05) is 6.26 Å². The predicted molar refractivity (Wildman–Crippen MR) is 75.6 cm³/mol. The van der Waals surface area contributed by atoms with E-state index >= 15 is 0 Å². The molecule has 2 rings (SSSR count). The number of nitrogens with zero attached hydrogens (tertiary/aromatic N) is 1. The van der Waals surface area contributed by atoms with Crippen molar-refractivity contribution >= 4 is 38.5 Å². The largest absolute Gasteiger partial charge is 0.440 e. The first-order valence-electron chi connectivity index (χ1n) is 5.29. The molecular weight excluding hydrogens is 345 g/mol. The maximum absolute atomic E-state index is 13.0. The number of thiophene rings is 1. The summed E-state index contributed by atoms with van der Waals surface area (Å²) in [5, 5.41) is 10.5. The number of hydrogen-bond acceptors (Lipinski definition) is 6. The molecule has 1 aromatic heterocycles. The molecule has 112 valence electrons. The van der Waals surface area contributed by atoms with Crippen LogP contribution in [0.1, 0.15) is 0 Å². The minimum Gasteiger partial charge on any atom is -0.440 e. The highest BCUT2D eigenvalue weighted by Crippen LogP contribution is 2.42. The third kappa shape index (κ3) is 3.49. The normalized spacial score (nSPS) is 11.4. The van der Waals surface area contributed by atoms with Crippen molar-refractivity contribution in [3.05, 3.63) is 45.2 Å². The van der Waals surface area contributed by atoms with E-state index in [0.717, 1.165) is 24.5 Å². The van der Waals surface area contributed by atoms with Gasteiger partial charge in [0.15, 0.2) is 9.84 Å². The van der Waals surface area contributed by atoms with E-state index in [4.69, 9.17) is 16.3 Å². The summed E-state index contributed by atoms with van der Waals surface area (Å²) in [6.07, 6.45) is 0.932. The van der Waals surface area contributed by atoms with Gasteiger partial charge in [-0.3, -0.25) is 10.1 Å². The van der Waals surface area contributed by atoms with Crippen molar-refractivity contribution in [1.29, 1.82) is 0 Å². The fourth-order valence-corrected chi connectivity index (χ4v) is 3.43. The summed E-state index contributed by atoms with van der Waals surface area (Å²) >= 11 is 6.19. The Hall–Kier alpha value is -1.71. The van der Waals surface area contributed by atoms with E-state index in [-0.39, 0.29) is 20.0 Å². The Morgan fingerprint density at radius 2 is 2.05 bits per heavy atom. The van der Waals surface area contributed by atoms with Crippen LogP contribution in [0.2, 0.25) is 5.02 Å². The molecule has 0 fully saturated rings.